The number of rotatable bonds is 11. The van der Waals surface area contributed by atoms with E-state index in [0.29, 0.717) is 68.6 Å². The molecule has 10 aromatic heterocycles. The normalized spacial score (nSPS) is 19.7. The molecule has 10 aliphatic heterocycles. The SMILES string of the molecule is CC1(C)CNc2ncc(-c3ccc4c(cnn4C4=CC(=O)NS4=O)c3)cc2O1.CN1C(=O)C(C)(C)Oc2cc(-c3ccc4c(cnn4C4=CC(=O)NS4=O)c3)cnc21.CN1CC(C)(C)Oc2cc(-c3ccc4c(cnn4C4=CC(=O)NS4=O)c3)cnc21.O=C1C=C(n2ncc3cc(-c4ccc(N5CCCC5=O)nc4)ccc32)S(=O)N1.O=C1C=C(n2ncc3cc(-c4cnc5c(c4)OCCCN5)ccc32)S(=O)N1. The summed E-state index contributed by atoms with van der Waals surface area (Å²) in [5, 5.41) is 33.9. The predicted octanol–water partition coefficient (Wildman–Crippen LogP) is 10.1. The topological polar surface area (TPSA) is 489 Å². The van der Waals surface area contributed by atoms with Gasteiger partial charge in [0.2, 0.25) is 5.91 Å². The number of amides is 7. The number of pyridine rings is 5. The molecule has 0 aliphatic carbocycles. The molecule has 46 heteroatoms. The van der Waals surface area contributed by atoms with Gasteiger partial charge >= 0.3 is 0 Å². The molecular formula is C96H83N25O16S5. The van der Waals surface area contributed by atoms with Gasteiger partial charge in [0, 0.05) is 150 Å². The molecule has 5 atom stereocenters. The highest BCUT2D eigenvalue weighted by atomic mass is 32.2. The van der Waals surface area contributed by atoms with Crippen LogP contribution in [-0.4, -0.2) is 200 Å². The quantitative estimate of drug-likeness (QED) is 0.0632. The Hall–Kier alpha value is -16.5. The van der Waals surface area contributed by atoms with Crippen LogP contribution < -0.4 is 67.9 Å². The zero-order valence-corrected chi connectivity index (χ0v) is 80.6. The van der Waals surface area contributed by atoms with E-state index in [4.69, 9.17) is 18.9 Å². The zero-order chi connectivity index (χ0) is 98.6. The number of carbonyl (C=O) groups excluding carboxylic acids is 7. The highest BCUT2D eigenvalue weighted by molar-refractivity contribution is 7.94. The van der Waals surface area contributed by atoms with Crippen LogP contribution in [-0.2, 0) is 88.5 Å². The van der Waals surface area contributed by atoms with Gasteiger partial charge in [-0.1, -0.05) is 30.3 Å². The van der Waals surface area contributed by atoms with Gasteiger partial charge in [0.1, 0.15) is 17.0 Å². The third kappa shape index (κ3) is 17.9. The van der Waals surface area contributed by atoms with E-state index < -0.39 is 72.3 Å². The Balaban J connectivity index is 0.000000105. The molecule has 0 spiro atoms. The Bertz CT molecular complexity index is 8260. The second kappa shape index (κ2) is 36.4. The fraction of sp³-hybridized carbons (Fsp3) is 0.198. The van der Waals surface area contributed by atoms with Crippen LogP contribution in [0.1, 0.15) is 60.8 Å². The molecule has 25 rings (SSSR count). The molecular weight excluding hydrogens is 1920 g/mol. The van der Waals surface area contributed by atoms with Crippen molar-refractivity contribution in [2.75, 3.05) is 72.2 Å². The summed E-state index contributed by atoms with van der Waals surface area (Å²) in [4.78, 5) is 109. The molecule has 0 bridgehead atoms. The minimum Gasteiger partial charge on any atom is -0.490 e. The Morgan fingerprint density at radius 3 is 1.08 bits per heavy atom. The van der Waals surface area contributed by atoms with E-state index in [0.717, 1.165) is 171 Å². The van der Waals surface area contributed by atoms with Gasteiger partial charge in [-0.05, 0) is 179 Å². The van der Waals surface area contributed by atoms with Crippen LogP contribution in [0, 0.1) is 0 Å². The summed E-state index contributed by atoms with van der Waals surface area (Å²) in [6.45, 7) is 15.3. The average Bonchev–Trinajstić information content (AvgIpc) is 1.69. The van der Waals surface area contributed by atoms with E-state index in [1.165, 1.54) is 58.7 Å². The number of aromatic nitrogens is 15. The zero-order valence-electron chi connectivity index (χ0n) is 76.6. The molecule has 7 N–H and O–H groups in total. The lowest BCUT2D eigenvalue weighted by Gasteiger charge is -2.38. The summed E-state index contributed by atoms with van der Waals surface area (Å²) >= 11 is 0. The van der Waals surface area contributed by atoms with E-state index in [9.17, 15) is 54.6 Å². The van der Waals surface area contributed by atoms with Crippen molar-refractivity contribution < 1.29 is 73.6 Å². The number of hydrogen-bond acceptors (Lipinski definition) is 29. The first-order chi connectivity index (χ1) is 68.2. The Morgan fingerprint density at radius 1 is 0.352 bits per heavy atom. The van der Waals surface area contributed by atoms with Crippen molar-refractivity contribution >= 4 is 205 Å². The number of nitrogens with zero attached hydrogens (tertiary/aromatic N) is 18. The molecule has 20 heterocycles. The number of likely N-dealkylation sites (N-methyl/N-ethyl adjacent to an activating group) is 2. The van der Waals surface area contributed by atoms with E-state index in [-0.39, 0.29) is 40.7 Å². The maximum Gasteiger partial charge on any atom is 0.271 e. The monoisotopic (exact) mass is 2000 g/mol. The minimum absolute atomic E-state index is 0.112. The van der Waals surface area contributed by atoms with Crippen LogP contribution in [0.5, 0.6) is 23.0 Å². The van der Waals surface area contributed by atoms with Crippen molar-refractivity contribution in [1.29, 1.82) is 0 Å². The lowest BCUT2D eigenvalue weighted by Crippen LogP contribution is -2.51. The predicted molar refractivity (Wildman–Crippen MR) is 537 cm³/mol. The summed E-state index contributed by atoms with van der Waals surface area (Å²) in [7, 11) is -4.33. The first-order valence-corrected chi connectivity index (χ1v) is 50.1. The van der Waals surface area contributed by atoms with Crippen LogP contribution in [0.25, 0.3) is 135 Å². The molecule has 1 saturated heterocycles. The van der Waals surface area contributed by atoms with Crippen molar-refractivity contribution in [3.63, 3.8) is 0 Å². The number of fused-ring (bicyclic) bond motifs is 9. The molecule has 718 valence electrons. The molecule has 1 fully saturated rings. The molecule has 142 heavy (non-hydrogen) atoms. The summed E-state index contributed by atoms with van der Waals surface area (Å²) in [6, 6.07) is 40.5. The van der Waals surface area contributed by atoms with Gasteiger partial charge in [-0.2, -0.15) is 25.5 Å². The second-order valence-corrected chi connectivity index (χ2v) is 41.4. The molecule has 15 aromatic rings. The van der Waals surface area contributed by atoms with E-state index in [1.807, 2.05) is 161 Å². The number of anilines is 5. The molecule has 5 aromatic carbocycles. The standard InChI is InChI=1S/C20H17N5O4S.C20H19N5O3S.C19H17N5O3S.C19H15N5O3S.C18H15N5O3S/c1-20(2)19(27)24(3)18-15(29-20)7-12(9-21-18)11-4-5-14-13(6-11)10-22-25(14)17-8-16(26)23-30(17)28;1-20(2)11-24(3)19-16(28-20)7-13(9-21-19)12-4-5-15-14(6-12)10-22-25(15)18-8-17(26)23-29(18)27;1-19(2)10-21-18-15(27-19)6-12(8-20-18)11-3-4-14-13(5-11)9-22-24(14)17-7-16(25)23-28(17)26;25-17-9-19(28(27)22-17)24-15-5-3-12(8-14(15)11-21-24)13-4-6-16(20-10-13)23-7-1-2-18(23)26;24-16-8-17(27(25)22-16)23-14-3-2-11(6-13(14)10-21-23)12-7-15-18(20-9-12)19-4-1-5-26-15/h4-10H,1-3H3,(H,23,26);4-10H,11H2,1-3H3,(H,23,26);3-9H,10H2,1-2H3,(H,20,21)(H,23,25);3-6,8-11H,1-2,7H2,(H,22,25);2-3,6-10H,1,4-5H2,(H,19,20)(H,22,24). The van der Waals surface area contributed by atoms with Gasteiger partial charge in [-0.15, -0.1) is 0 Å². The number of carbonyl (C=O) groups is 7. The highest BCUT2D eigenvalue weighted by Crippen LogP contribution is 2.44. The van der Waals surface area contributed by atoms with Crippen LogP contribution in [0.3, 0.4) is 0 Å². The second-order valence-electron chi connectivity index (χ2n) is 35.6. The van der Waals surface area contributed by atoms with Crippen LogP contribution in [0.15, 0.2) is 220 Å². The Labute approximate surface area is 818 Å². The summed E-state index contributed by atoms with van der Waals surface area (Å²) < 4.78 is 103. The van der Waals surface area contributed by atoms with E-state index in [2.05, 4.69) is 103 Å². The third-order valence-corrected chi connectivity index (χ3v) is 29.3. The first kappa shape index (κ1) is 91.9. The molecule has 0 radical (unpaired) electrons. The highest BCUT2D eigenvalue weighted by Gasteiger charge is 2.41. The Morgan fingerprint density at radius 2 is 0.704 bits per heavy atom. The van der Waals surface area contributed by atoms with Gasteiger partial charge in [0.25, 0.3) is 35.4 Å². The number of nitrogens with one attached hydrogen (secondary N) is 7. The van der Waals surface area contributed by atoms with Crippen molar-refractivity contribution in [1.82, 2.24) is 97.4 Å². The van der Waals surface area contributed by atoms with Crippen molar-refractivity contribution in [3.05, 3.63) is 220 Å². The molecule has 10 aliphatic rings. The number of hydrogen-bond donors (Lipinski definition) is 7. The maximum atomic E-state index is 12.4. The lowest BCUT2D eigenvalue weighted by molar-refractivity contribution is -0.132. The van der Waals surface area contributed by atoms with E-state index >= 15 is 0 Å². The van der Waals surface area contributed by atoms with Gasteiger partial charge in [0.05, 0.1) is 78.3 Å². The number of ether oxygens (including phenoxy) is 4. The van der Waals surface area contributed by atoms with Gasteiger partial charge in [0.15, 0.2) is 132 Å². The fourth-order valence-corrected chi connectivity index (χ4v) is 21.7. The molecule has 7 amide bonds. The lowest BCUT2D eigenvalue weighted by atomic mass is 10.0. The van der Waals surface area contributed by atoms with Crippen molar-refractivity contribution in [2.45, 2.75) is 77.6 Å². The Kier molecular flexibility index (Phi) is 23.6. The fourth-order valence-electron chi connectivity index (χ4n) is 17.4. The summed E-state index contributed by atoms with van der Waals surface area (Å²) in [5.41, 5.74) is 11.5. The van der Waals surface area contributed by atoms with Crippen molar-refractivity contribution in [2.24, 2.45) is 0 Å². The summed E-state index contributed by atoms with van der Waals surface area (Å²) in [6.07, 6.45) is 26.1. The maximum absolute atomic E-state index is 12.4. The van der Waals surface area contributed by atoms with E-state index in [1.54, 1.807) is 75.4 Å². The van der Waals surface area contributed by atoms with Gasteiger partial charge in [-0.25, -0.2) is 69.4 Å². The molecule has 0 saturated carbocycles. The van der Waals surface area contributed by atoms with Crippen LogP contribution in [0.2, 0.25) is 0 Å². The smallest absolute Gasteiger partial charge is 0.271 e. The van der Waals surface area contributed by atoms with Gasteiger partial charge in [-0.3, -0.25) is 67.0 Å². The van der Waals surface area contributed by atoms with Crippen LogP contribution in [0.4, 0.5) is 29.1 Å². The molecule has 41 nitrogen and oxygen atoms in total. The number of benzene rings is 5. The minimum atomic E-state index is -1.63. The average molecular weight is 2000 g/mol. The summed E-state index contributed by atoms with van der Waals surface area (Å²) in [5.74, 6) is 4.25. The third-order valence-electron chi connectivity index (χ3n) is 24.0. The molecule has 5 unspecified atom stereocenters. The van der Waals surface area contributed by atoms with Gasteiger partial charge < -0.3 is 34.5 Å². The first-order valence-electron chi connectivity index (χ1n) is 44.3. The largest absolute Gasteiger partial charge is 0.490 e. The van der Waals surface area contributed by atoms with Crippen LogP contribution >= 0.6 is 0 Å². The van der Waals surface area contributed by atoms with Crippen molar-refractivity contribution in [3.8, 4) is 78.6 Å².